The van der Waals surface area contributed by atoms with Gasteiger partial charge in [-0.2, -0.15) is 5.10 Å². The SMILES string of the molecule is CCOc1cc(/C=N\NC(=O)COc2ccc(C(C)C)cc2)ccc1OC(=O)c1cccs1. The maximum Gasteiger partial charge on any atom is 0.353 e. The van der Waals surface area contributed by atoms with Crippen LogP contribution in [0.4, 0.5) is 0 Å². The van der Waals surface area contributed by atoms with Crippen LogP contribution in [0.3, 0.4) is 0 Å². The lowest BCUT2D eigenvalue weighted by Crippen LogP contribution is -2.24. The number of esters is 1. The Kier molecular flexibility index (Phi) is 8.60. The van der Waals surface area contributed by atoms with Crippen molar-refractivity contribution in [3.05, 3.63) is 76.0 Å². The van der Waals surface area contributed by atoms with Crippen molar-refractivity contribution in [2.24, 2.45) is 5.10 Å². The predicted molar refractivity (Wildman–Crippen MR) is 129 cm³/mol. The van der Waals surface area contributed by atoms with E-state index in [9.17, 15) is 9.59 Å². The molecule has 7 nitrogen and oxygen atoms in total. The average molecular weight is 467 g/mol. The van der Waals surface area contributed by atoms with E-state index in [0.717, 1.165) is 0 Å². The molecule has 3 rings (SSSR count). The molecule has 0 bridgehead atoms. The van der Waals surface area contributed by atoms with E-state index in [2.05, 4.69) is 24.4 Å². The van der Waals surface area contributed by atoms with Gasteiger partial charge in [-0.15, -0.1) is 11.3 Å². The second-order valence-corrected chi connectivity index (χ2v) is 8.26. The Balaban J connectivity index is 1.54. The molecule has 2 aromatic carbocycles. The number of hydrogen-bond acceptors (Lipinski definition) is 7. The van der Waals surface area contributed by atoms with Crippen LogP contribution in [0.5, 0.6) is 17.2 Å². The number of benzene rings is 2. The van der Waals surface area contributed by atoms with E-state index in [0.29, 0.717) is 40.2 Å². The number of nitrogens with zero attached hydrogens (tertiary/aromatic N) is 1. The third-order valence-electron chi connectivity index (χ3n) is 4.51. The van der Waals surface area contributed by atoms with Crippen LogP contribution < -0.4 is 19.6 Å². The van der Waals surface area contributed by atoms with Gasteiger partial charge in [-0.25, -0.2) is 10.2 Å². The molecule has 0 fully saturated rings. The predicted octanol–water partition coefficient (Wildman–Crippen LogP) is 5.02. The van der Waals surface area contributed by atoms with Crippen molar-refractivity contribution in [3.8, 4) is 17.2 Å². The fraction of sp³-hybridized carbons (Fsp3) is 0.240. The summed E-state index contributed by atoms with van der Waals surface area (Å²) in [6, 6.07) is 16.1. The second kappa shape index (κ2) is 11.8. The fourth-order valence-electron chi connectivity index (χ4n) is 2.81. The third-order valence-corrected chi connectivity index (χ3v) is 5.36. The number of hydrazone groups is 1. The first-order valence-corrected chi connectivity index (χ1v) is 11.4. The van der Waals surface area contributed by atoms with Crippen LogP contribution in [-0.4, -0.2) is 31.3 Å². The van der Waals surface area contributed by atoms with E-state index in [1.807, 2.05) is 31.2 Å². The number of carbonyl (C=O) groups excluding carboxylic acids is 2. The summed E-state index contributed by atoms with van der Waals surface area (Å²) >= 11 is 1.30. The van der Waals surface area contributed by atoms with Gasteiger partial charge in [0, 0.05) is 0 Å². The number of thiophene rings is 1. The van der Waals surface area contributed by atoms with Crippen molar-refractivity contribution in [2.45, 2.75) is 26.7 Å². The van der Waals surface area contributed by atoms with Gasteiger partial charge in [0.1, 0.15) is 10.6 Å². The molecule has 0 aliphatic rings. The summed E-state index contributed by atoms with van der Waals surface area (Å²) < 4.78 is 16.5. The zero-order valence-corrected chi connectivity index (χ0v) is 19.6. The Labute approximate surface area is 197 Å². The average Bonchev–Trinajstić information content (AvgIpc) is 3.35. The maximum atomic E-state index is 12.2. The van der Waals surface area contributed by atoms with E-state index in [4.69, 9.17) is 14.2 Å². The van der Waals surface area contributed by atoms with Crippen molar-refractivity contribution < 1.29 is 23.8 Å². The third kappa shape index (κ3) is 7.18. The van der Waals surface area contributed by atoms with Gasteiger partial charge in [-0.1, -0.05) is 32.0 Å². The molecule has 0 unspecified atom stereocenters. The molecular weight excluding hydrogens is 440 g/mol. The highest BCUT2D eigenvalue weighted by Gasteiger charge is 2.14. The molecule has 33 heavy (non-hydrogen) atoms. The number of amides is 1. The molecule has 8 heteroatoms. The Morgan fingerprint density at radius 2 is 1.85 bits per heavy atom. The Hall–Kier alpha value is -3.65. The van der Waals surface area contributed by atoms with Crippen LogP contribution in [0.15, 0.2) is 65.1 Å². The van der Waals surface area contributed by atoms with Gasteiger partial charge >= 0.3 is 5.97 Å². The van der Waals surface area contributed by atoms with Gasteiger partial charge in [-0.05, 0) is 65.7 Å². The van der Waals surface area contributed by atoms with E-state index >= 15 is 0 Å². The molecule has 1 N–H and O–H groups in total. The molecule has 0 aliphatic heterocycles. The van der Waals surface area contributed by atoms with Crippen LogP contribution >= 0.6 is 11.3 Å². The second-order valence-electron chi connectivity index (χ2n) is 7.31. The summed E-state index contributed by atoms with van der Waals surface area (Å²) in [6.45, 7) is 6.31. The molecule has 1 amide bonds. The van der Waals surface area contributed by atoms with Gasteiger partial charge in [0.05, 0.1) is 12.8 Å². The standard InChI is InChI=1S/C25H26N2O5S/c1-4-30-22-14-18(7-12-21(22)32-25(29)23-6-5-13-33-23)15-26-27-24(28)16-31-20-10-8-19(9-11-20)17(2)3/h5-15,17H,4,16H2,1-3H3,(H,27,28)/b26-15-. The molecule has 0 saturated carbocycles. The number of rotatable bonds is 10. The summed E-state index contributed by atoms with van der Waals surface area (Å²) in [5.74, 6) is 0.943. The van der Waals surface area contributed by atoms with Gasteiger partial charge < -0.3 is 14.2 Å². The summed E-state index contributed by atoms with van der Waals surface area (Å²) in [7, 11) is 0. The lowest BCUT2D eigenvalue weighted by molar-refractivity contribution is -0.123. The molecule has 1 heterocycles. The first-order chi connectivity index (χ1) is 16.0. The van der Waals surface area contributed by atoms with Crippen LogP contribution in [-0.2, 0) is 4.79 Å². The van der Waals surface area contributed by atoms with Gasteiger partial charge in [0.2, 0.25) is 0 Å². The number of carbonyl (C=O) groups is 2. The highest BCUT2D eigenvalue weighted by atomic mass is 32.1. The minimum Gasteiger partial charge on any atom is -0.490 e. The molecule has 1 aromatic heterocycles. The van der Waals surface area contributed by atoms with Crippen molar-refractivity contribution in [1.29, 1.82) is 0 Å². The molecule has 172 valence electrons. The van der Waals surface area contributed by atoms with Gasteiger partial charge in [0.25, 0.3) is 5.91 Å². The minimum atomic E-state index is -0.446. The van der Waals surface area contributed by atoms with E-state index < -0.39 is 5.97 Å². The van der Waals surface area contributed by atoms with Crippen molar-refractivity contribution in [2.75, 3.05) is 13.2 Å². The smallest absolute Gasteiger partial charge is 0.353 e. The summed E-state index contributed by atoms with van der Waals surface area (Å²) in [4.78, 5) is 24.7. The molecule has 0 atom stereocenters. The number of hydrogen-bond donors (Lipinski definition) is 1. The lowest BCUT2D eigenvalue weighted by Gasteiger charge is -2.11. The quantitative estimate of drug-likeness (QED) is 0.196. The Morgan fingerprint density at radius 1 is 1.06 bits per heavy atom. The van der Waals surface area contributed by atoms with Crippen LogP contribution in [0.25, 0.3) is 0 Å². The molecule has 0 aliphatic carbocycles. The summed E-state index contributed by atoms with van der Waals surface area (Å²) in [5, 5.41) is 5.76. The first-order valence-electron chi connectivity index (χ1n) is 10.5. The van der Waals surface area contributed by atoms with Gasteiger partial charge in [-0.3, -0.25) is 4.79 Å². The van der Waals surface area contributed by atoms with Crippen LogP contribution in [0.2, 0.25) is 0 Å². The number of nitrogens with one attached hydrogen (secondary N) is 1. The van der Waals surface area contributed by atoms with E-state index in [-0.39, 0.29) is 12.5 Å². The Morgan fingerprint density at radius 3 is 2.52 bits per heavy atom. The lowest BCUT2D eigenvalue weighted by atomic mass is 10.0. The number of ether oxygens (including phenoxy) is 3. The summed E-state index contributed by atoms with van der Waals surface area (Å²) in [6.07, 6.45) is 1.47. The fourth-order valence-corrected chi connectivity index (χ4v) is 3.41. The van der Waals surface area contributed by atoms with Crippen LogP contribution in [0, 0.1) is 0 Å². The molecule has 0 spiro atoms. The minimum absolute atomic E-state index is 0.153. The normalized spacial score (nSPS) is 10.9. The highest BCUT2D eigenvalue weighted by molar-refractivity contribution is 7.12. The molecule has 0 radical (unpaired) electrons. The van der Waals surface area contributed by atoms with E-state index in [1.165, 1.54) is 23.1 Å². The topological polar surface area (TPSA) is 86.2 Å². The monoisotopic (exact) mass is 466 g/mol. The van der Waals surface area contributed by atoms with Crippen molar-refractivity contribution in [3.63, 3.8) is 0 Å². The maximum absolute atomic E-state index is 12.2. The zero-order valence-electron chi connectivity index (χ0n) is 18.7. The molecule has 3 aromatic rings. The highest BCUT2D eigenvalue weighted by Crippen LogP contribution is 2.29. The zero-order chi connectivity index (χ0) is 23.6. The van der Waals surface area contributed by atoms with Gasteiger partial charge in [0.15, 0.2) is 18.1 Å². The largest absolute Gasteiger partial charge is 0.490 e. The summed E-state index contributed by atoms with van der Waals surface area (Å²) in [5.41, 5.74) is 4.30. The van der Waals surface area contributed by atoms with Crippen molar-refractivity contribution >= 4 is 29.4 Å². The van der Waals surface area contributed by atoms with Crippen LogP contribution in [0.1, 0.15) is 47.5 Å². The van der Waals surface area contributed by atoms with Crippen molar-refractivity contribution in [1.82, 2.24) is 5.43 Å². The first kappa shape index (κ1) is 24.0. The molecular formula is C25H26N2O5S. The molecule has 0 saturated heterocycles. The Bertz CT molecular complexity index is 1090. The van der Waals surface area contributed by atoms with E-state index in [1.54, 1.807) is 35.7 Å².